The predicted octanol–water partition coefficient (Wildman–Crippen LogP) is 2.68. The molecule has 1 atom stereocenters. The van der Waals surface area contributed by atoms with Gasteiger partial charge in [-0.05, 0) is 53.6 Å². The van der Waals surface area contributed by atoms with Gasteiger partial charge in [-0.25, -0.2) is 0 Å². The maximum atomic E-state index is 12.1. The Hall–Kier alpha value is -2.15. The Morgan fingerprint density at radius 2 is 2.41 bits per heavy atom. The number of benzene rings is 1. The molecule has 0 aliphatic heterocycles. The fourth-order valence-electron chi connectivity index (χ4n) is 2.50. The molecule has 6 nitrogen and oxygen atoms in total. The van der Waals surface area contributed by atoms with Crippen LogP contribution < -0.4 is 5.32 Å². The Kier molecular flexibility index (Phi) is 4.53. The van der Waals surface area contributed by atoms with Gasteiger partial charge in [-0.2, -0.15) is 4.68 Å². The Morgan fingerprint density at radius 1 is 1.50 bits per heavy atom. The third kappa shape index (κ3) is 3.36. The van der Waals surface area contributed by atoms with Gasteiger partial charge in [0.25, 0.3) is 0 Å². The number of carbonyl (C=O) groups is 1. The Bertz CT molecular complexity index is 697. The van der Waals surface area contributed by atoms with Gasteiger partial charge in [0, 0.05) is 12.1 Å². The molecule has 1 amide bonds. The van der Waals surface area contributed by atoms with Crippen molar-refractivity contribution in [2.45, 2.75) is 24.4 Å². The monoisotopic (exact) mass is 315 g/mol. The van der Waals surface area contributed by atoms with Crippen molar-refractivity contribution in [3.63, 3.8) is 0 Å². The smallest absolute Gasteiger partial charge is 0.224 e. The standard InChI is InChI=1S/C15H17N5OS/c1-22-15-17-18-19-20(15)13-8-4-7-12(10-13)16-14(21)9-11-5-2-3-6-11/h2,4-5,7-8,10-11H,3,6,9H2,1H3,(H,16,21). The van der Waals surface area contributed by atoms with Crippen molar-refractivity contribution < 1.29 is 4.79 Å². The van der Waals surface area contributed by atoms with Crippen molar-refractivity contribution in [1.82, 2.24) is 20.2 Å². The number of hydrogen-bond acceptors (Lipinski definition) is 5. The Morgan fingerprint density at radius 3 is 3.18 bits per heavy atom. The quantitative estimate of drug-likeness (QED) is 0.678. The summed E-state index contributed by atoms with van der Waals surface area (Å²) in [4.78, 5) is 12.1. The van der Waals surface area contributed by atoms with Crippen molar-refractivity contribution in [3.05, 3.63) is 36.4 Å². The Balaban J connectivity index is 1.71. The number of thioether (sulfide) groups is 1. The first-order valence-electron chi connectivity index (χ1n) is 7.15. The molecule has 0 spiro atoms. The van der Waals surface area contributed by atoms with Gasteiger partial charge >= 0.3 is 0 Å². The van der Waals surface area contributed by atoms with Crippen LogP contribution in [0.4, 0.5) is 5.69 Å². The number of aromatic nitrogens is 4. The summed E-state index contributed by atoms with van der Waals surface area (Å²) in [6.07, 6.45) is 8.85. The molecule has 0 bridgehead atoms. The van der Waals surface area contributed by atoms with E-state index in [1.165, 1.54) is 11.8 Å². The molecule has 0 radical (unpaired) electrons. The summed E-state index contributed by atoms with van der Waals surface area (Å²) in [6.45, 7) is 0. The number of hydrogen-bond donors (Lipinski definition) is 1. The number of nitrogens with one attached hydrogen (secondary N) is 1. The van der Waals surface area contributed by atoms with Crippen LogP contribution in [0.1, 0.15) is 19.3 Å². The molecule has 1 N–H and O–H groups in total. The molecule has 0 fully saturated rings. The third-order valence-electron chi connectivity index (χ3n) is 3.56. The molecular weight excluding hydrogens is 298 g/mol. The molecule has 114 valence electrons. The molecule has 1 aromatic heterocycles. The van der Waals surface area contributed by atoms with E-state index in [-0.39, 0.29) is 5.91 Å². The summed E-state index contributed by atoms with van der Waals surface area (Å²) in [5.74, 6) is 0.404. The summed E-state index contributed by atoms with van der Waals surface area (Å²) in [7, 11) is 0. The van der Waals surface area contributed by atoms with E-state index < -0.39 is 0 Å². The summed E-state index contributed by atoms with van der Waals surface area (Å²) in [6, 6.07) is 7.53. The second-order valence-corrected chi connectivity index (χ2v) is 5.92. The second kappa shape index (κ2) is 6.74. The maximum absolute atomic E-state index is 12.1. The molecule has 1 heterocycles. The summed E-state index contributed by atoms with van der Waals surface area (Å²) in [5, 5.41) is 15.2. The number of nitrogens with zero attached hydrogens (tertiary/aromatic N) is 4. The first kappa shape index (κ1) is 14.8. The highest BCUT2D eigenvalue weighted by Gasteiger charge is 2.14. The zero-order valence-electron chi connectivity index (χ0n) is 12.3. The molecule has 22 heavy (non-hydrogen) atoms. The maximum Gasteiger partial charge on any atom is 0.224 e. The van der Waals surface area contributed by atoms with Gasteiger partial charge in [0.1, 0.15) is 0 Å². The number of rotatable bonds is 5. The van der Waals surface area contributed by atoms with E-state index in [4.69, 9.17) is 0 Å². The lowest BCUT2D eigenvalue weighted by molar-refractivity contribution is -0.116. The van der Waals surface area contributed by atoms with Crippen LogP contribution in [-0.4, -0.2) is 32.4 Å². The zero-order chi connectivity index (χ0) is 15.4. The van der Waals surface area contributed by atoms with Gasteiger partial charge in [-0.1, -0.05) is 30.0 Å². The molecule has 2 aromatic rings. The minimum absolute atomic E-state index is 0.0375. The van der Waals surface area contributed by atoms with Crippen LogP contribution in [0.3, 0.4) is 0 Å². The first-order valence-corrected chi connectivity index (χ1v) is 8.38. The number of allylic oxidation sites excluding steroid dienone is 2. The van der Waals surface area contributed by atoms with E-state index in [0.29, 0.717) is 17.5 Å². The third-order valence-corrected chi connectivity index (χ3v) is 4.18. The summed E-state index contributed by atoms with van der Waals surface area (Å²) < 4.78 is 1.65. The van der Waals surface area contributed by atoms with Gasteiger partial charge in [-0.3, -0.25) is 4.79 Å². The zero-order valence-corrected chi connectivity index (χ0v) is 13.1. The molecule has 0 saturated carbocycles. The number of carbonyl (C=O) groups excluding carboxylic acids is 1. The lowest BCUT2D eigenvalue weighted by Crippen LogP contribution is -2.15. The van der Waals surface area contributed by atoms with Crippen molar-refractivity contribution in [2.24, 2.45) is 5.92 Å². The van der Waals surface area contributed by atoms with Crippen LogP contribution in [0.5, 0.6) is 0 Å². The van der Waals surface area contributed by atoms with Gasteiger partial charge in [0.2, 0.25) is 11.1 Å². The van der Waals surface area contributed by atoms with Crippen LogP contribution in [0, 0.1) is 5.92 Å². The van der Waals surface area contributed by atoms with Crippen molar-refractivity contribution in [3.8, 4) is 5.69 Å². The number of tetrazole rings is 1. The van der Waals surface area contributed by atoms with Gasteiger partial charge in [0.15, 0.2) is 0 Å². The predicted molar refractivity (Wildman–Crippen MR) is 86.0 cm³/mol. The normalized spacial score (nSPS) is 16.9. The molecule has 1 aliphatic carbocycles. The molecule has 3 rings (SSSR count). The average Bonchev–Trinajstić information content (AvgIpc) is 3.18. The topological polar surface area (TPSA) is 72.7 Å². The van der Waals surface area contributed by atoms with Crippen LogP contribution in [0.25, 0.3) is 5.69 Å². The van der Waals surface area contributed by atoms with Gasteiger partial charge in [-0.15, -0.1) is 5.10 Å². The fourth-order valence-corrected chi connectivity index (χ4v) is 2.93. The summed E-state index contributed by atoms with van der Waals surface area (Å²) >= 11 is 1.47. The molecule has 7 heteroatoms. The van der Waals surface area contributed by atoms with Crippen molar-refractivity contribution >= 4 is 23.4 Å². The van der Waals surface area contributed by atoms with E-state index in [2.05, 4.69) is 33.0 Å². The van der Waals surface area contributed by atoms with E-state index in [0.717, 1.165) is 24.2 Å². The summed E-state index contributed by atoms with van der Waals surface area (Å²) in [5.41, 5.74) is 1.58. The van der Waals surface area contributed by atoms with E-state index >= 15 is 0 Å². The molecule has 1 aliphatic rings. The lowest BCUT2D eigenvalue weighted by atomic mass is 10.1. The van der Waals surface area contributed by atoms with Crippen molar-refractivity contribution in [2.75, 3.05) is 11.6 Å². The molecule has 0 saturated heterocycles. The first-order chi connectivity index (χ1) is 10.8. The second-order valence-electron chi connectivity index (χ2n) is 5.15. The average molecular weight is 315 g/mol. The Labute approximate surface area is 133 Å². The fraction of sp³-hybridized carbons (Fsp3) is 0.333. The van der Waals surface area contributed by atoms with E-state index in [1.807, 2.05) is 30.5 Å². The minimum Gasteiger partial charge on any atom is -0.326 e. The van der Waals surface area contributed by atoms with Crippen molar-refractivity contribution in [1.29, 1.82) is 0 Å². The van der Waals surface area contributed by atoms with E-state index in [9.17, 15) is 4.79 Å². The molecular formula is C15H17N5OS. The van der Waals surface area contributed by atoms with Crippen LogP contribution >= 0.6 is 11.8 Å². The minimum atomic E-state index is 0.0375. The van der Waals surface area contributed by atoms with Gasteiger partial charge < -0.3 is 5.32 Å². The van der Waals surface area contributed by atoms with E-state index in [1.54, 1.807) is 4.68 Å². The number of amides is 1. The van der Waals surface area contributed by atoms with Crippen LogP contribution in [0.15, 0.2) is 41.6 Å². The largest absolute Gasteiger partial charge is 0.326 e. The highest BCUT2D eigenvalue weighted by atomic mass is 32.2. The molecule has 1 unspecified atom stereocenters. The number of anilines is 1. The van der Waals surface area contributed by atoms with Crippen LogP contribution in [-0.2, 0) is 4.79 Å². The molecule has 1 aromatic carbocycles. The SMILES string of the molecule is CSc1nnnn1-c1cccc(NC(=O)CC2C=CCC2)c1. The highest BCUT2D eigenvalue weighted by Crippen LogP contribution is 2.22. The lowest BCUT2D eigenvalue weighted by Gasteiger charge is -2.10. The highest BCUT2D eigenvalue weighted by molar-refractivity contribution is 7.98. The van der Waals surface area contributed by atoms with Crippen LogP contribution in [0.2, 0.25) is 0 Å². The van der Waals surface area contributed by atoms with Gasteiger partial charge in [0.05, 0.1) is 5.69 Å².